The number of carbonyl (C=O) groups is 2. The Hall–Kier alpha value is -0.960. The SMILES string of the molecule is O=C1C=CC(=O)[C@H]2[C@@H]3CCO[C@@H]3[C@@H]12. The van der Waals surface area contributed by atoms with Crippen LogP contribution in [-0.4, -0.2) is 24.3 Å². The third-order valence-corrected chi connectivity index (χ3v) is 3.45. The van der Waals surface area contributed by atoms with Gasteiger partial charge in [0, 0.05) is 12.5 Å². The van der Waals surface area contributed by atoms with Gasteiger partial charge in [0.05, 0.1) is 12.0 Å². The van der Waals surface area contributed by atoms with Crippen LogP contribution in [0.1, 0.15) is 6.42 Å². The minimum absolute atomic E-state index is 0.0476. The summed E-state index contributed by atoms with van der Waals surface area (Å²) in [5.74, 6) is 0.325. The quantitative estimate of drug-likeness (QED) is 0.537. The van der Waals surface area contributed by atoms with E-state index < -0.39 is 0 Å². The molecule has 1 aliphatic heterocycles. The fraction of sp³-hybridized carbons (Fsp3) is 0.600. The van der Waals surface area contributed by atoms with Gasteiger partial charge in [-0.25, -0.2) is 0 Å². The van der Waals surface area contributed by atoms with Crippen molar-refractivity contribution >= 4 is 11.6 Å². The molecule has 3 nitrogen and oxygen atoms in total. The van der Waals surface area contributed by atoms with Gasteiger partial charge in [0.1, 0.15) is 0 Å². The zero-order valence-corrected chi connectivity index (χ0v) is 7.10. The van der Waals surface area contributed by atoms with Gasteiger partial charge in [-0.1, -0.05) is 0 Å². The average Bonchev–Trinajstić information content (AvgIpc) is 2.45. The van der Waals surface area contributed by atoms with Gasteiger partial charge in [-0.15, -0.1) is 0 Å². The summed E-state index contributed by atoms with van der Waals surface area (Å²) in [6.45, 7) is 0.711. The Balaban J connectivity index is 1.98. The van der Waals surface area contributed by atoms with Crippen molar-refractivity contribution in [2.45, 2.75) is 12.5 Å². The molecular weight excluding hydrogens is 168 g/mol. The van der Waals surface area contributed by atoms with Gasteiger partial charge in [-0.05, 0) is 24.5 Å². The molecule has 0 aromatic rings. The summed E-state index contributed by atoms with van der Waals surface area (Å²) in [5.41, 5.74) is 0. The van der Waals surface area contributed by atoms with Gasteiger partial charge in [0.2, 0.25) is 0 Å². The summed E-state index contributed by atoms with van der Waals surface area (Å²) in [4.78, 5) is 22.9. The zero-order chi connectivity index (χ0) is 9.00. The van der Waals surface area contributed by atoms with Crippen molar-refractivity contribution in [3.63, 3.8) is 0 Å². The number of fused-ring (bicyclic) bond motifs is 4. The van der Waals surface area contributed by atoms with Gasteiger partial charge in [-0.3, -0.25) is 9.59 Å². The highest BCUT2D eigenvalue weighted by molar-refractivity contribution is 6.09. The Kier molecular flexibility index (Phi) is 1.31. The second kappa shape index (κ2) is 2.29. The third-order valence-electron chi connectivity index (χ3n) is 3.45. The molecular formula is C10H10O3. The fourth-order valence-electron chi connectivity index (χ4n) is 2.82. The number of carbonyl (C=O) groups excluding carboxylic acids is 2. The van der Waals surface area contributed by atoms with E-state index in [1.165, 1.54) is 12.2 Å². The van der Waals surface area contributed by atoms with Gasteiger partial charge >= 0.3 is 0 Å². The van der Waals surface area contributed by atoms with E-state index in [-0.39, 0.29) is 29.5 Å². The van der Waals surface area contributed by atoms with Crippen LogP contribution in [0, 0.1) is 17.8 Å². The Bertz CT molecular complexity index is 288. The third kappa shape index (κ3) is 0.779. The molecule has 0 N–H and O–H groups in total. The van der Waals surface area contributed by atoms with Crippen molar-refractivity contribution in [3.8, 4) is 0 Å². The highest BCUT2D eigenvalue weighted by Gasteiger charge is 2.59. The molecule has 0 aromatic carbocycles. The van der Waals surface area contributed by atoms with Crippen LogP contribution in [0.3, 0.4) is 0 Å². The Morgan fingerprint density at radius 3 is 2.62 bits per heavy atom. The minimum atomic E-state index is -0.148. The highest BCUT2D eigenvalue weighted by atomic mass is 16.5. The lowest BCUT2D eigenvalue weighted by molar-refractivity contribution is -0.152. The molecule has 0 unspecified atom stereocenters. The monoisotopic (exact) mass is 178 g/mol. The van der Waals surface area contributed by atoms with Crippen molar-refractivity contribution in [2.24, 2.45) is 17.8 Å². The van der Waals surface area contributed by atoms with Crippen molar-refractivity contribution in [1.82, 2.24) is 0 Å². The molecule has 3 aliphatic rings. The first kappa shape index (κ1) is 7.44. The molecule has 68 valence electrons. The van der Waals surface area contributed by atoms with Crippen LogP contribution < -0.4 is 0 Å². The molecule has 0 bridgehead atoms. The van der Waals surface area contributed by atoms with Crippen LogP contribution in [0.4, 0.5) is 0 Å². The minimum Gasteiger partial charge on any atom is -0.377 e. The average molecular weight is 178 g/mol. The number of ketones is 2. The maximum Gasteiger partial charge on any atom is 0.162 e. The summed E-state index contributed by atoms with van der Waals surface area (Å²) < 4.78 is 5.43. The van der Waals surface area contributed by atoms with E-state index in [0.717, 1.165) is 6.42 Å². The van der Waals surface area contributed by atoms with Crippen molar-refractivity contribution in [3.05, 3.63) is 12.2 Å². The lowest BCUT2D eigenvalue weighted by atomic mass is 9.57. The van der Waals surface area contributed by atoms with Crippen LogP contribution in [0.15, 0.2) is 12.2 Å². The summed E-state index contributed by atoms with van der Waals surface area (Å²) in [5, 5.41) is 0. The molecule has 3 heteroatoms. The van der Waals surface area contributed by atoms with Gasteiger partial charge < -0.3 is 4.74 Å². The second-order valence-corrected chi connectivity index (χ2v) is 3.98. The molecule has 0 spiro atoms. The van der Waals surface area contributed by atoms with E-state index in [9.17, 15) is 9.59 Å². The molecule has 13 heavy (non-hydrogen) atoms. The first-order valence-corrected chi connectivity index (χ1v) is 4.66. The van der Waals surface area contributed by atoms with E-state index in [4.69, 9.17) is 4.74 Å². The van der Waals surface area contributed by atoms with Gasteiger partial charge in [0.25, 0.3) is 0 Å². The topological polar surface area (TPSA) is 43.4 Å². The van der Waals surface area contributed by atoms with Gasteiger partial charge in [-0.2, -0.15) is 0 Å². The van der Waals surface area contributed by atoms with Crippen molar-refractivity contribution in [1.29, 1.82) is 0 Å². The van der Waals surface area contributed by atoms with E-state index in [1.54, 1.807) is 0 Å². The van der Waals surface area contributed by atoms with E-state index in [0.29, 0.717) is 12.5 Å². The number of hydrogen-bond donors (Lipinski definition) is 0. The summed E-state index contributed by atoms with van der Waals surface area (Å²) in [7, 11) is 0. The normalized spacial score (nSPS) is 47.1. The van der Waals surface area contributed by atoms with E-state index in [2.05, 4.69) is 0 Å². The fourth-order valence-corrected chi connectivity index (χ4v) is 2.82. The predicted octanol–water partition coefficient (Wildman–Crippen LogP) is 0.345. The van der Waals surface area contributed by atoms with Crippen LogP contribution in [0.5, 0.6) is 0 Å². The summed E-state index contributed by atoms with van der Waals surface area (Å²) in [6, 6.07) is 0. The zero-order valence-electron chi connectivity index (χ0n) is 7.10. The number of rotatable bonds is 0. The molecule has 0 aromatic heterocycles. The van der Waals surface area contributed by atoms with Crippen molar-refractivity contribution in [2.75, 3.05) is 6.61 Å². The summed E-state index contributed by atoms with van der Waals surface area (Å²) >= 11 is 0. The standard InChI is InChI=1S/C10H10O3/c11-6-1-2-7(12)9-8(6)5-3-4-13-10(5)9/h1-2,5,8-10H,3-4H2/t5-,8+,9-,10-/m0/s1. The molecule has 0 amide bonds. The molecule has 1 saturated carbocycles. The number of allylic oxidation sites excluding steroid dienone is 2. The highest BCUT2D eigenvalue weighted by Crippen LogP contribution is 2.50. The molecule has 3 rings (SSSR count). The van der Waals surface area contributed by atoms with Crippen LogP contribution >= 0.6 is 0 Å². The molecule has 0 radical (unpaired) electrons. The first-order valence-electron chi connectivity index (χ1n) is 4.66. The molecule has 1 saturated heterocycles. The largest absolute Gasteiger partial charge is 0.377 e. The Morgan fingerprint density at radius 1 is 1.15 bits per heavy atom. The number of ether oxygens (including phenoxy) is 1. The molecule has 4 atom stereocenters. The number of hydrogen-bond acceptors (Lipinski definition) is 3. The Morgan fingerprint density at radius 2 is 1.85 bits per heavy atom. The lowest BCUT2D eigenvalue weighted by Crippen LogP contribution is -2.56. The molecule has 1 heterocycles. The Labute approximate surface area is 75.8 Å². The van der Waals surface area contributed by atoms with Gasteiger partial charge in [0.15, 0.2) is 11.6 Å². The molecule has 2 fully saturated rings. The lowest BCUT2D eigenvalue weighted by Gasteiger charge is -2.46. The predicted molar refractivity (Wildman–Crippen MR) is 44.0 cm³/mol. The van der Waals surface area contributed by atoms with Crippen LogP contribution in [-0.2, 0) is 14.3 Å². The summed E-state index contributed by atoms with van der Waals surface area (Å²) in [6.07, 6.45) is 3.82. The second-order valence-electron chi connectivity index (χ2n) is 3.98. The molecule has 2 aliphatic carbocycles. The first-order chi connectivity index (χ1) is 6.29. The maximum atomic E-state index is 11.4. The smallest absolute Gasteiger partial charge is 0.162 e. The van der Waals surface area contributed by atoms with E-state index >= 15 is 0 Å². The van der Waals surface area contributed by atoms with Crippen LogP contribution in [0.25, 0.3) is 0 Å². The van der Waals surface area contributed by atoms with Crippen molar-refractivity contribution < 1.29 is 14.3 Å². The van der Waals surface area contributed by atoms with E-state index in [1.807, 2.05) is 0 Å². The van der Waals surface area contributed by atoms with Crippen LogP contribution in [0.2, 0.25) is 0 Å². The maximum absolute atomic E-state index is 11.4.